The Hall–Kier alpha value is -2.33. The lowest BCUT2D eigenvalue weighted by Crippen LogP contribution is -2.30. The van der Waals surface area contributed by atoms with E-state index in [1.807, 2.05) is 35.0 Å². The van der Waals surface area contributed by atoms with Gasteiger partial charge in [0.2, 0.25) is 0 Å². The fraction of sp³-hybridized carbons (Fsp3) is 0.409. The van der Waals surface area contributed by atoms with Gasteiger partial charge in [0.15, 0.2) is 0 Å². The first-order valence-corrected chi connectivity index (χ1v) is 9.78. The molecule has 0 radical (unpaired) electrons. The third-order valence-corrected chi connectivity index (χ3v) is 5.10. The molecule has 1 aliphatic heterocycles. The second-order valence-corrected chi connectivity index (χ2v) is 7.08. The van der Waals surface area contributed by atoms with Crippen LogP contribution in [0.25, 0.3) is 16.6 Å². The molecule has 4 heteroatoms. The number of fused-ring (bicyclic) bond motifs is 1. The summed E-state index contributed by atoms with van der Waals surface area (Å²) in [6.45, 7) is 4.57. The molecule has 4 rings (SSSR count). The summed E-state index contributed by atoms with van der Waals surface area (Å²) in [5, 5.41) is 5.77. The van der Waals surface area contributed by atoms with E-state index in [0.717, 1.165) is 35.4 Å². The van der Waals surface area contributed by atoms with Gasteiger partial charge in [-0.2, -0.15) is 5.10 Å². The molecular formula is C22H27N3O. The van der Waals surface area contributed by atoms with E-state index >= 15 is 0 Å². The van der Waals surface area contributed by atoms with Gasteiger partial charge < -0.3 is 9.64 Å². The number of rotatable bonds is 7. The molecule has 26 heavy (non-hydrogen) atoms. The van der Waals surface area contributed by atoms with Crippen LogP contribution in [-0.4, -0.2) is 40.9 Å². The van der Waals surface area contributed by atoms with Gasteiger partial charge in [-0.25, -0.2) is 4.68 Å². The van der Waals surface area contributed by atoms with Gasteiger partial charge in [0.05, 0.1) is 17.8 Å². The van der Waals surface area contributed by atoms with Crippen LogP contribution in [0.1, 0.15) is 32.1 Å². The SMILES string of the molecule is c1ccc2nn(-c3ccc(OCCCCN4CCCCC4)cc3)cc2c1. The summed E-state index contributed by atoms with van der Waals surface area (Å²) in [4.78, 5) is 2.59. The van der Waals surface area contributed by atoms with E-state index < -0.39 is 0 Å². The molecule has 1 saturated heterocycles. The molecule has 0 aliphatic carbocycles. The topological polar surface area (TPSA) is 30.3 Å². The van der Waals surface area contributed by atoms with Gasteiger partial charge in [0, 0.05) is 11.6 Å². The largest absolute Gasteiger partial charge is 0.494 e. The van der Waals surface area contributed by atoms with E-state index in [1.54, 1.807) is 0 Å². The predicted octanol–water partition coefficient (Wildman–Crippen LogP) is 4.67. The second kappa shape index (κ2) is 8.37. The van der Waals surface area contributed by atoms with Crippen molar-refractivity contribution in [1.82, 2.24) is 14.7 Å². The van der Waals surface area contributed by atoms with Crippen LogP contribution in [0.5, 0.6) is 5.75 Å². The molecular weight excluding hydrogens is 322 g/mol. The predicted molar refractivity (Wildman–Crippen MR) is 106 cm³/mol. The van der Waals surface area contributed by atoms with Gasteiger partial charge in [-0.3, -0.25) is 0 Å². The van der Waals surface area contributed by atoms with E-state index in [0.29, 0.717) is 0 Å². The molecule has 2 heterocycles. The number of piperidine rings is 1. The monoisotopic (exact) mass is 349 g/mol. The van der Waals surface area contributed by atoms with E-state index in [2.05, 4.69) is 34.4 Å². The maximum atomic E-state index is 5.90. The third-order valence-electron chi connectivity index (χ3n) is 5.10. The van der Waals surface area contributed by atoms with Crippen molar-refractivity contribution in [2.24, 2.45) is 0 Å². The lowest BCUT2D eigenvalue weighted by atomic mass is 10.1. The fourth-order valence-corrected chi connectivity index (χ4v) is 3.60. The van der Waals surface area contributed by atoms with E-state index in [4.69, 9.17) is 4.74 Å². The number of hydrogen-bond donors (Lipinski definition) is 0. The molecule has 3 aromatic rings. The number of hydrogen-bond acceptors (Lipinski definition) is 3. The van der Waals surface area contributed by atoms with Crippen LogP contribution in [0, 0.1) is 0 Å². The summed E-state index contributed by atoms with van der Waals surface area (Å²) in [5.41, 5.74) is 2.07. The summed E-state index contributed by atoms with van der Waals surface area (Å²) in [7, 11) is 0. The Bertz CT molecular complexity index is 786. The van der Waals surface area contributed by atoms with E-state index in [9.17, 15) is 0 Å². The minimum absolute atomic E-state index is 0.791. The number of nitrogens with zero attached hydrogens (tertiary/aromatic N) is 3. The first-order valence-electron chi connectivity index (χ1n) is 9.78. The normalized spacial score (nSPS) is 15.4. The lowest BCUT2D eigenvalue weighted by Gasteiger charge is -2.26. The molecule has 0 bridgehead atoms. The van der Waals surface area contributed by atoms with Crippen molar-refractivity contribution in [2.75, 3.05) is 26.2 Å². The Morgan fingerprint density at radius 1 is 0.885 bits per heavy atom. The quantitative estimate of drug-likeness (QED) is 0.581. The molecule has 0 atom stereocenters. The van der Waals surface area contributed by atoms with Crippen molar-refractivity contribution in [3.8, 4) is 11.4 Å². The Morgan fingerprint density at radius 2 is 1.69 bits per heavy atom. The summed E-state index contributed by atoms with van der Waals surface area (Å²) in [5.74, 6) is 0.934. The smallest absolute Gasteiger partial charge is 0.119 e. The third kappa shape index (κ3) is 4.25. The van der Waals surface area contributed by atoms with Crippen molar-refractivity contribution in [3.63, 3.8) is 0 Å². The van der Waals surface area contributed by atoms with E-state index in [-0.39, 0.29) is 0 Å². The van der Waals surface area contributed by atoms with Gasteiger partial charge in [-0.05, 0) is 75.6 Å². The zero-order chi connectivity index (χ0) is 17.6. The minimum atomic E-state index is 0.791. The Morgan fingerprint density at radius 3 is 2.50 bits per heavy atom. The number of ether oxygens (including phenoxy) is 1. The van der Waals surface area contributed by atoms with Crippen LogP contribution >= 0.6 is 0 Å². The highest BCUT2D eigenvalue weighted by Crippen LogP contribution is 2.18. The van der Waals surface area contributed by atoms with Crippen LogP contribution in [0.2, 0.25) is 0 Å². The van der Waals surface area contributed by atoms with Crippen LogP contribution in [0.3, 0.4) is 0 Å². The number of aromatic nitrogens is 2. The molecule has 0 spiro atoms. The molecule has 4 nitrogen and oxygen atoms in total. The zero-order valence-electron chi connectivity index (χ0n) is 15.3. The summed E-state index contributed by atoms with van der Waals surface area (Å²) >= 11 is 0. The summed E-state index contributed by atoms with van der Waals surface area (Å²) in [6.07, 6.45) is 8.54. The summed E-state index contributed by atoms with van der Waals surface area (Å²) in [6, 6.07) is 16.4. The first kappa shape index (κ1) is 17.1. The molecule has 136 valence electrons. The van der Waals surface area contributed by atoms with Crippen LogP contribution < -0.4 is 4.74 Å². The number of likely N-dealkylation sites (tertiary alicyclic amines) is 1. The molecule has 1 aliphatic rings. The Kier molecular flexibility index (Phi) is 5.50. The highest BCUT2D eigenvalue weighted by Gasteiger charge is 2.09. The lowest BCUT2D eigenvalue weighted by molar-refractivity contribution is 0.216. The van der Waals surface area contributed by atoms with Gasteiger partial charge >= 0.3 is 0 Å². The average Bonchev–Trinajstić information content (AvgIpc) is 3.13. The average molecular weight is 349 g/mol. The molecule has 0 unspecified atom stereocenters. The summed E-state index contributed by atoms with van der Waals surface area (Å²) < 4.78 is 7.82. The highest BCUT2D eigenvalue weighted by molar-refractivity contribution is 5.78. The number of unbranched alkanes of at least 4 members (excludes halogenated alkanes) is 1. The van der Waals surface area contributed by atoms with Gasteiger partial charge in [0.25, 0.3) is 0 Å². The molecule has 0 amide bonds. The van der Waals surface area contributed by atoms with Crippen LogP contribution in [0.15, 0.2) is 54.7 Å². The molecule has 1 aromatic heterocycles. The highest BCUT2D eigenvalue weighted by atomic mass is 16.5. The van der Waals surface area contributed by atoms with Crippen molar-refractivity contribution < 1.29 is 4.74 Å². The van der Waals surface area contributed by atoms with Crippen LogP contribution in [-0.2, 0) is 0 Å². The van der Waals surface area contributed by atoms with Crippen LogP contribution in [0.4, 0.5) is 0 Å². The maximum Gasteiger partial charge on any atom is 0.119 e. The Balaban J connectivity index is 1.25. The molecule has 2 aromatic carbocycles. The van der Waals surface area contributed by atoms with Crippen molar-refractivity contribution in [1.29, 1.82) is 0 Å². The molecule has 0 N–H and O–H groups in total. The second-order valence-electron chi connectivity index (χ2n) is 7.08. The van der Waals surface area contributed by atoms with Crippen molar-refractivity contribution in [2.45, 2.75) is 32.1 Å². The van der Waals surface area contributed by atoms with E-state index in [1.165, 1.54) is 45.3 Å². The maximum absolute atomic E-state index is 5.90. The number of benzene rings is 2. The molecule has 1 fully saturated rings. The zero-order valence-corrected chi connectivity index (χ0v) is 15.3. The molecule has 0 saturated carbocycles. The van der Waals surface area contributed by atoms with Gasteiger partial charge in [-0.15, -0.1) is 0 Å². The minimum Gasteiger partial charge on any atom is -0.494 e. The van der Waals surface area contributed by atoms with Gasteiger partial charge in [-0.1, -0.05) is 24.6 Å². The Labute approximate surface area is 155 Å². The van der Waals surface area contributed by atoms with Crippen molar-refractivity contribution in [3.05, 3.63) is 54.7 Å². The first-order chi connectivity index (χ1) is 12.9. The van der Waals surface area contributed by atoms with Crippen molar-refractivity contribution >= 4 is 10.9 Å². The fourth-order valence-electron chi connectivity index (χ4n) is 3.60. The standard InChI is InChI=1S/C22H27N3O/c1-4-14-24(15-5-1)16-6-7-17-26-21-12-10-20(11-13-21)25-18-19-8-2-3-9-22(19)23-25/h2-3,8-13,18H,1,4-7,14-17H2. The van der Waals surface area contributed by atoms with Gasteiger partial charge in [0.1, 0.15) is 5.75 Å².